The van der Waals surface area contributed by atoms with Crippen molar-refractivity contribution in [1.29, 1.82) is 0 Å². The molecule has 9 heteroatoms. The van der Waals surface area contributed by atoms with Gasteiger partial charge in [-0.3, -0.25) is 4.79 Å². The van der Waals surface area contributed by atoms with Gasteiger partial charge in [0.05, 0.1) is 0 Å². The summed E-state index contributed by atoms with van der Waals surface area (Å²) in [5.74, 6) is 0.653. The fourth-order valence-corrected chi connectivity index (χ4v) is 2.17. The van der Waals surface area contributed by atoms with Gasteiger partial charge in [0.15, 0.2) is 11.5 Å². The topological polar surface area (TPSA) is 100 Å². The molecule has 0 bridgehead atoms. The number of piperazine rings is 1. The van der Waals surface area contributed by atoms with E-state index in [1.807, 2.05) is 11.0 Å². The number of hydrogen-bond donors (Lipinski definition) is 2. The first-order chi connectivity index (χ1) is 9.29. The van der Waals surface area contributed by atoms with Crippen LogP contribution in [0, 0.1) is 0 Å². The summed E-state index contributed by atoms with van der Waals surface area (Å²) in [6.45, 7) is 2.11. The highest BCUT2D eigenvalue weighted by Gasteiger charge is 2.29. The molecule has 1 saturated heterocycles. The lowest BCUT2D eigenvalue weighted by Crippen LogP contribution is -2.58. The van der Waals surface area contributed by atoms with Crippen LogP contribution in [-0.2, 0) is 4.79 Å². The summed E-state index contributed by atoms with van der Waals surface area (Å²) in [5, 5.41) is 21.3. The van der Waals surface area contributed by atoms with Crippen molar-refractivity contribution in [1.82, 2.24) is 35.9 Å². The van der Waals surface area contributed by atoms with Gasteiger partial charge in [0.2, 0.25) is 5.91 Å². The van der Waals surface area contributed by atoms with Gasteiger partial charge in [0.1, 0.15) is 6.04 Å². The highest BCUT2D eigenvalue weighted by atomic mass is 16.2. The highest BCUT2D eigenvalue weighted by Crippen LogP contribution is 2.15. The van der Waals surface area contributed by atoms with E-state index in [0.717, 1.165) is 6.54 Å². The molecule has 2 N–H and O–H groups in total. The maximum absolute atomic E-state index is 11.9. The van der Waals surface area contributed by atoms with E-state index in [0.29, 0.717) is 24.6 Å². The molecule has 1 aliphatic heterocycles. The van der Waals surface area contributed by atoms with Crippen LogP contribution in [-0.4, -0.2) is 63.9 Å². The number of nitrogens with one attached hydrogen (secondary N) is 2. The number of likely N-dealkylation sites (N-methyl/N-ethyl adjacent to an activating group) is 1. The van der Waals surface area contributed by atoms with Crippen LogP contribution in [0.2, 0.25) is 0 Å². The first kappa shape index (κ1) is 11.8. The first-order valence-electron chi connectivity index (χ1n) is 6.04. The van der Waals surface area contributed by atoms with E-state index in [1.165, 1.54) is 4.63 Å². The maximum Gasteiger partial charge on any atom is 0.243 e. The number of fused-ring (bicyclic) bond motifs is 1. The SMILES string of the molecule is CNC(=O)C1CNCCN1c1ccc2nnnn2n1. The predicted molar refractivity (Wildman–Crippen MR) is 66.6 cm³/mol. The Morgan fingerprint density at radius 3 is 3.26 bits per heavy atom. The molecule has 1 amide bonds. The largest absolute Gasteiger partial charge is 0.357 e. The molecule has 3 rings (SSSR count). The molecular formula is C10H14N8O. The van der Waals surface area contributed by atoms with Crippen LogP contribution in [0.1, 0.15) is 0 Å². The van der Waals surface area contributed by atoms with Crippen LogP contribution < -0.4 is 15.5 Å². The van der Waals surface area contributed by atoms with Crippen molar-refractivity contribution in [2.75, 3.05) is 31.6 Å². The Morgan fingerprint density at radius 1 is 1.53 bits per heavy atom. The first-order valence-corrected chi connectivity index (χ1v) is 6.04. The average molecular weight is 262 g/mol. The second-order valence-electron chi connectivity index (χ2n) is 4.25. The van der Waals surface area contributed by atoms with Crippen LogP contribution in [0.15, 0.2) is 12.1 Å². The van der Waals surface area contributed by atoms with Crippen molar-refractivity contribution in [2.45, 2.75) is 6.04 Å². The summed E-state index contributed by atoms with van der Waals surface area (Å²) < 4.78 is 1.36. The molecule has 0 aliphatic carbocycles. The molecule has 1 atom stereocenters. The van der Waals surface area contributed by atoms with Gasteiger partial charge in [-0.2, -0.15) is 0 Å². The summed E-state index contributed by atoms with van der Waals surface area (Å²) in [7, 11) is 1.63. The summed E-state index contributed by atoms with van der Waals surface area (Å²) in [6.07, 6.45) is 0. The number of anilines is 1. The summed E-state index contributed by atoms with van der Waals surface area (Å²) in [6, 6.07) is 3.33. The minimum Gasteiger partial charge on any atom is -0.357 e. The minimum atomic E-state index is -0.278. The number of carbonyl (C=O) groups is 1. The van der Waals surface area contributed by atoms with E-state index in [-0.39, 0.29) is 11.9 Å². The van der Waals surface area contributed by atoms with Gasteiger partial charge in [-0.05, 0) is 22.6 Å². The second-order valence-corrected chi connectivity index (χ2v) is 4.25. The van der Waals surface area contributed by atoms with E-state index in [1.54, 1.807) is 13.1 Å². The number of carbonyl (C=O) groups excluding carboxylic acids is 1. The quantitative estimate of drug-likeness (QED) is 0.648. The Kier molecular flexibility index (Phi) is 2.95. The van der Waals surface area contributed by atoms with Gasteiger partial charge < -0.3 is 15.5 Å². The monoisotopic (exact) mass is 262 g/mol. The summed E-state index contributed by atoms with van der Waals surface area (Å²) in [4.78, 5) is 13.9. The van der Waals surface area contributed by atoms with Gasteiger partial charge in [-0.1, -0.05) is 0 Å². The number of rotatable bonds is 2. The molecule has 0 spiro atoms. The molecule has 0 radical (unpaired) electrons. The Balaban J connectivity index is 1.94. The lowest BCUT2D eigenvalue weighted by molar-refractivity contribution is -0.122. The second kappa shape index (κ2) is 4.76. The third kappa shape index (κ3) is 2.08. The van der Waals surface area contributed by atoms with Crippen LogP contribution in [0.4, 0.5) is 5.82 Å². The average Bonchev–Trinajstić information content (AvgIpc) is 2.93. The Hall–Kier alpha value is -2.29. The molecular weight excluding hydrogens is 248 g/mol. The molecule has 2 aromatic heterocycles. The molecule has 100 valence electrons. The predicted octanol–water partition coefficient (Wildman–Crippen LogP) is -1.96. The normalized spacial score (nSPS) is 19.6. The maximum atomic E-state index is 11.9. The summed E-state index contributed by atoms with van der Waals surface area (Å²) >= 11 is 0. The molecule has 1 aliphatic rings. The molecule has 9 nitrogen and oxygen atoms in total. The molecule has 0 aromatic carbocycles. The van der Waals surface area contributed by atoms with Crippen LogP contribution in [0.3, 0.4) is 0 Å². The molecule has 1 unspecified atom stereocenters. The van der Waals surface area contributed by atoms with Crippen LogP contribution in [0.25, 0.3) is 5.65 Å². The Morgan fingerprint density at radius 2 is 2.42 bits per heavy atom. The van der Waals surface area contributed by atoms with Crippen molar-refractivity contribution in [3.63, 3.8) is 0 Å². The zero-order valence-electron chi connectivity index (χ0n) is 10.4. The molecule has 0 saturated carbocycles. The lowest BCUT2D eigenvalue weighted by Gasteiger charge is -2.35. The van der Waals surface area contributed by atoms with E-state index < -0.39 is 0 Å². The number of nitrogens with zero attached hydrogens (tertiary/aromatic N) is 6. The zero-order valence-corrected chi connectivity index (χ0v) is 10.4. The third-order valence-electron chi connectivity index (χ3n) is 3.14. The van der Waals surface area contributed by atoms with E-state index >= 15 is 0 Å². The number of amides is 1. The summed E-state index contributed by atoms with van der Waals surface area (Å²) in [5.41, 5.74) is 0.579. The smallest absolute Gasteiger partial charge is 0.243 e. The van der Waals surface area contributed by atoms with Crippen molar-refractivity contribution in [3.8, 4) is 0 Å². The molecule has 1 fully saturated rings. The molecule has 2 aromatic rings. The Labute approximate surface area is 109 Å². The fraction of sp³-hybridized carbons (Fsp3) is 0.500. The number of aromatic nitrogens is 5. The number of tetrazole rings is 1. The minimum absolute atomic E-state index is 0.0363. The van der Waals surface area contributed by atoms with Crippen molar-refractivity contribution >= 4 is 17.4 Å². The van der Waals surface area contributed by atoms with E-state index in [2.05, 4.69) is 31.3 Å². The number of hydrogen-bond acceptors (Lipinski definition) is 7. The fourth-order valence-electron chi connectivity index (χ4n) is 2.17. The standard InChI is InChI=1S/C10H14N8O/c1-11-10(19)7-6-12-4-5-17(7)9-3-2-8-13-15-16-18(8)14-9/h2-3,7,12H,4-6H2,1H3,(H,11,19). The Bertz CT molecular complexity index is 596. The van der Waals surface area contributed by atoms with Crippen LogP contribution >= 0.6 is 0 Å². The third-order valence-corrected chi connectivity index (χ3v) is 3.14. The van der Waals surface area contributed by atoms with Gasteiger partial charge in [0.25, 0.3) is 0 Å². The van der Waals surface area contributed by atoms with Crippen LogP contribution in [0.5, 0.6) is 0 Å². The van der Waals surface area contributed by atoms with E-state index in [4.69, 9.17) is 0 Å². The van der Waals surface area contributed by atoms with Gasteiger partial charge in [0, 0.05) is 26.7 Å². The van der Waals surface area contributed by atoms with Gasteiger partial charge in [-0.15, -0.1) is 14.8 Å². The van der Waals surface area contributed by atoms with Crippen molar-refractivity contribution in [2.24, 2.45) is 0 Å². The van der Waals surface area contributed by atoms with Crippen molar-refractivity contribution < 1.29 is 4.79 Å². The van der Waals surface area contributed by atoms with Crippen molar-refractivity contribution in [3.05, 3.63) is 12.1 Å². The van der Waals surface area contributed by atoms with E-state index in [9.17, 15) is 4.79 Å². The molecule has 19 heavy (non-hydrogen) atoms. The zero-order chi connectivity index (χ0) is 13.2. The van der Waals surface area contributed by atoms with Gasteiger partial charge >= 0.3 is 0 Å². The molecule has 3 heterocycles. The van der Waals surface area contributed by atoms with Gasteiger partial charge in [-0.25, -0.2) is 0 Å². The highest BCUT2D eigenvalue weighted by molar-refractivity contribution is 5.85. The lowest BCUT2D eigenvalue weighted by atomic mass is 10.1.